The van der Waals surface area contributed by atoms with Gasteiger partial charge in [0.2, 0.25) is 0 Å². The number of thiocarbonyl (C=S) groups is 1. The number of anilines is 2. The molecule has 0 fully saturated rings. The second kappa shape index (κ2) is 5.74. The van der Waals surface area contributed by atoms with Crippen LogP contribution in [-0.4, -0.2) is 9.97 Å². The van der Waals surface area contributed by atoms with Crippen molar-refractivity contribution in [3.63, 3.8) is 0 Å². The molecule has 0 saturated carbocycles. The van der Waals surface area contributed by atoms with Gasteiger partial charge < -0.3 is 11.1 Å². The molecule has 2 aromatic rings. The van der Waals surface area contributed by atoms with Gasteiger partial charge in [-0.2, -0.15) is 0 Å². The van der Waals surface area contributed by atoms with Gasteiger partial charge in [-0.25, -0.2) is 4.98 Å². The molecular weight excluding hydrogens is 301 g/mol. The van der Waals surface area contributed by atoms with Crippen LogP contribution in [0.5, 0.6) is 0 Å². The second-order valence-electron chi connectivity index (χ2n) is 3.94. The van der Waals surface area contributed by atoms with E-state index in [1.54, 1.807) is 18.3 Å². The fraction of sp³-hybridized carbons (Fsp3) is 0.0769. The number of rotatable bonds is 3. The van der Waals surface area contributed by atoms with Gasteiger partial charge in [-0.05, 0) is 30.7 Å². The van der Waals surface area contributed by atoms with E-state index in [0.717, 1.165) is 5.56 Å². The van der Waals surface area contributed by atoms with E-state index in [2.05, 4.69) is 10.3 Å². The minimum absolute atomic E-state index is 0.284. The van der Waals surface area contributed by atoms with Crippen molar-refractivity contribution in [2.45, 2.75) is 6.92 Å². The Labute approximate surface area is 126 Å². The highest BCUT2D eigenvalue weighted by atomic mass is 35.5. The molecule has 0 radical (unpaired) electrons. The molecule has 1 aromatic heterocycles. The number of nitrogens with zero attached hydrogens (tertiary/aromatic N) is 1. The number of hydrogen-bond donors (Lipinski definition) is 2. The molecule has 98 valence electrons. The molecule has 0 unspecified atom stereocenters. The average Bonchev–Trinajstić information content (AvgIpc) is 2.34. The summed E-state index contributed by atoms with van der Waals surface area (Å²) in [4.78, 5) is 4.53. The Kier molecular flexibility index (Phi) is 4.24. The summed E-state index contributed by atoms with van der Waals surface area (Å²) in [5, 5.41) is 4.01. The molecule has 1 heterocycles. The molecule has 0 bridgehead atoms. The van der Waals surface area contributed by atoms with Gasteiger partial charge >= 0.3 is 0 Å². The summed E-state index contributed by atoms with van der Waals surface area (Å²) in [6, 6.07) is 7.17. The van der Waals surface area contributed by atoms with Crippen molar-refractivity contribution in [2.24, 2.45) is 5.73 Å². The zero-order valence-electron chi connectivity index (χ0n) is 10.1. The molecule has 0 saturated heterocycles. The maximum Gasteiger partial charge on any atom is 0.140 e. The highest BCUT2D eigenvalue weighted by Gasteiger charge is 2.12. The van der Waals surface area contributed by atoms with Gasteiger partial charge in [0, 0.05) is 6.20 Å². The SMILES string of the molecule is Cc1ccnc(Nc2cccc(Cl)c2Cl)c1C(N)=S. The van der Waals surface area contributed by atoms with Crippen LogP contribution in [0.4, 0.5) is 11.5 Å². The van der Waals surface area contributed by atoms with Gasteiger partial charge in [-0.15, -0.1) is 0 Å². The fourth-order valence-corrected chi connectivity index (χ4v) is 2.30. The van der Waals surface area contributed by atoms with Crippen LogP contribution in [0.1, 0.15) is 11.1 Å². The van der Waals surface area contributed by atoms with Gasteiger partial charge in [0.05, 0.1) is 21.3 Å². The van der Waals surface area contributed by atoms with Crippen molar-refractivity contribution in [2.75, 3.05) is 5.32 Å². The molecule has 0 spiro atoms. The van der Waals surface area contributed by atoms with Gasteiger partial charge in [0.1, 0.15) is 10.8 Å². The van der Waals surface area contributed by atoms with E-state index in [0.29, 0.717) is 27.1 Å². The van der Waals surface area contributed by atoms with Crippen LogP contribution in [-0.2, 0) is 0 Å². The minimum Gasteiger partial charge on any atom is -0.389 e. The first-order valence-electron chi connectivity index (χ1n) is 5.47. The van der Waals surface area contributed by atoms with Gasteiger partial charge in [0.15, 0.2) is 0 Å². The van der Waals surface area contributed by atoms with Crippen LogP contribution < -0.4 is 11.1 Å². The number of aryl methyl sites for hydroxylation is 1. The Hall–Kier alpha value is -1.36. The number of hydrogen-bond acceptors (Lipinski definition) is 3. The summed E-state index contributed by atoms with van der Waals surface area (Å²) < 4.78 is 0. The molecule has 3 N–H and O–H groups in total. The Balaban J connectivity index is 2.47. The van der Waals surface area contributed by atoms with E-state index in [1.165, 1.54) is 0 Å². The van der Waals surface area contributed by atoms with E-state index in [1.807, 2.05) is 19.1 Å². The predicted molar refractivity (Wildman–Crippen MR) is 84.6 cm³/mol. The highest BCUT2D eigenvalue weighted by Crippen LogP contribution is 2.32. The smallest absolute Gasteiger partial charge is 0.140 e. The van der Waals surface area contributed by atoms with Gasteiger partial charge in [-0.3, -0.25) is 0 Å². The van der Waals surface area contributed by atoms with E-state index in [-0.39, 0.29) is 4.99 Å². The monoisotopic (exact) mass is 311 g/mol. The molecule has 0 atom stereocenters. The molecule has 3 nitrogen and oxygen atoms in total. The summed E-state index contributed by atoms with van der Waals surface area (Å²) in [6.45, 7) is 1.92. The standard InChI is InChI=1S/C13H11Cl2N3S/c1-7-5-6-17-13(10(7)12(16)19)18-9-4-2-3-8(14)11(9)15/h2-6H,1H3,(H2,16,19)(H,17,18). The molecule has 6 heteroatoms. The lowest BCUT2D eigenvalue weighted by molar-refractivity contribution is 1.26. The maximum absolute atomic E-state index is 6.13. The van der Waals surface area contributed by atoms with Crippen LogP contribution in [0.25, 0.3) is 0 Å². The topological polar surface area (TPSA) is 50.9 Å². The predicted octanol–water partition coefficient (Wildman–Crippen LogP) is 4.07. The third kappa shape index (κ3) is 2.97. The quantitative estimate of drug-likeness (QED) is 0.839. The zero-order chi connectivity index (χ0) is 14.0. The largest absolute Gasteiger partial charge is 0.389 e. The Bertz CT molecular complexity index is 644. The number of aromatic nitrogens is 1. The fourth-order valence-electron chi connectivity index (χ4n) is 1.69. The van der Waals surface area contributed by atoms with Crippen molar-refractivity contribution in [1.82, 2.24) is 4.98 Å². The second-order valence-corrected chi connectivity index (χ2v) is 5.17. The summed E-state index contributed by atoms with van der Waals surface area (Å²) in [5.41, 5.74) is 8.04. The number of halogens is 2. The molecule has 1 aromatic carbocycles. The highest BCUT2D eigenvalue weighted by molar-refractivity contribution is 7.80. The van der Waals surface area contributed by atoms with Crippen molar-refractivity contribution in [3.8, 4) is 0 Å². The summed E-state index contributed by atoms with van der Waals surface area (Å²) >= 11 is 17.1. The molecule has 0 amide bonds. The first-order chi connectivity index (χ1) is 9.00. The third-order valence-electron chi connectivity index (χ3n) is 2.61. The molecular formula is C13H11Cl2N3S. The third-order valence-corrected chi connectivity index (χ3v) is 3.63. The van der Waals surface area contributed by atoms with Crippen LogP contribution in [0.15, 0.2) is 30.5 Å². The number of benzene rings is 1. The lowest BCUT2D eigenvalue weighted by atomic mass is 10.1. The van der Waals surface area contributed by atoms with Crippen molar-refractivity contribution < 1.29 is 0 Å². The van der Waals surface area contributed by atoms with Crippen molar-refractivity contribution >= 4 is 51.9 Å². The van der Waals surface area contributed by atoms with Crippen LogP contribution in [0, 0.1) is 6.92 Å². The van der Waals surface area contributed by atoms with E-state index in [9.17, 15) is 0 Å². The van der Waals surface area contributed by atoms with Crippen molar-refractivity contribution in [1.29, 1.82) is 0 Å². The molecule has 0 aliphatic rings. The number of nitrogens with one attached hydrogen (secondary N) is 1. The molecule has 0 aliphatic heterocycles. The van der Waals surface area contributed by atoms with Crippen LogP contribution in [0.3, 0.4) is 0 Å². The number of pyridine rings is 1. The van der Waals surface area contributed by atoms with E-state index in [4.69, 9.17) is 41.2 Å². The zero-order valence-corrected chi connectivity index (χ0v) is 12.4. The Morgan fingerprint density at radius 1 is 1.32 bits per heavy atom. The minimum atomic E-state index is 0.284. The summed E-state index contributed by atoms with van der Waals surface area (Å²) in [7, 11) is 0. The lowest BCUT2D eigenvalue weighted by Crippen LogP contribution is -2.14. The van der Waals surface area contributed by atoms with E-state index >= 15 is 0 Å². The molecule has 19 heavy (non-hydrogen) atoms. The first kappa shape index (κ1) is 14.1. The molecule has 2 rings (SSSR count). The normalized spacial score (nSPS) is 10.3. The van der Waals surface area contributed by atoms with Crippen molar-refractivity contribution in [3.05, 3.63) is 51.6 Å². The van der Waals surface area contributed by atoms with E-state index < -0.39 is 0 Å². The Morgan fingerprint density at radius 3 is 2.74 bits per heavy atom. The molecule has 0 aliphatic carbocycles. The van der Waals surface area contributed by atoms with Crippen LogP contribution in [0.2, 0.25) is 10.0 Å². The first-order valence-corrected chi connectivity index (χ1v) is 6.63. The van der Waals surface area contributed by atoms with Gasteiger partial charge in [0.25, 0.3) is 0 Å². The summed E-state index contributed by atoms with van der Waals surface area (Å²) in [6.07, 6.45) is 1.68. The maximum atomic E-state index is 6.13. The average molecular weight is 312 g/mol. The Morgan fingerprint density at radius 2 is 2.05 bits per heavy atom. The van der Waals surface area contributed by atoms with Crippen LogP contribution >= 0.6 is 35.4 Å². The number of nitrogens with two attached hydrogens (primary N) is 1. The lowest BCUT2D eigenvalue weighted by Gasteiger charge is -2.13. The summed E-state index contributed by atoms with van der Waals surface area (Å²) in [5.74, 6) is 0.566. The van der Waals surface area contributed by atoms with Gasteiger partial charge in [-0.1, -0.05) is 41.5 Å².